The molecule has 0 aliphatic heterocycles. The molecule has 0 bridgehead atoms. The van der Waals surface area contributed by atoms with Crippen LogP contribution in [-0.4, -0.2) is 23.0 Å². The van der Waals surface area contributed by atoms with E-state index >= 15 is 0 Å². The van der Waals surface area contributed by atoms with E-state index < -0.39 is 12.0 Å². The summed E-state index contributed by atoms with van der Waals surface area (Å²) >= 11 is 0. The maximum atomic E-state index is 12.2. The number of hydrogen-bond donors (Lipinski definition) is 3. The van der Waals surface area contributed by atoms with E-state index in [4.69, 9.17) is 5.73 Å². The van der Waals surface area contributed by atoms with Crippen LogP contribution in [0.2, 0.25) is 0 Å². The number of carboxylic acid groups (broad SMARTS) is 1. The summed E-state index contributed by atoms with van der Waals surface area (Å²) in [5, 5.41) is 11.9. The van der Waals surface area contributed by atoms with Crippen molar-refractivity contribution in [1.82, 2.24) is 5.32 Å². The van der Waals surface area contributed by atoms with Gasteiger partial charge in [-0.25, -0.2) is 4.79 Å². The normalized spacial score (nSPS) is 23.9. The smallest absolute Gasteiger partial charge is 0.330 e. The van der Waals surface area contributed by atoms with Crippen molar-refractivity contribution in [2.24, 2.45) is 11.7 Å². The van der Waals surface area contributed by atoms with Crippen LogP contribution in [0.15, 0.2) is 30.3 Å². The molecule has 0 spiro atoms. The number of amides is 1. The fourth-order valence-corrected chi connectivity index (χ4v) is 2.66. The standard InChI is InChI=1S/C15H20N2O3/c16-12-8-4-7-11(9-12)14(18)17-13(15(19)20)10-5-2-1-3-6-10/h1-3,5-6,11-13H,4,7-9,16H2,(H,17,18)(H,19,20)/t11?,12?,13-/m0/s1. The van der Waals surface area contributed by atoms with Crippen molar-refractivity contribution in [3.8, 4) is 0 Å². The van der Waals surface area contributed by atoms with Gasteiger partial charge in [0.15, 0.2) is 6.04 Å². The molecule has 20 heavy (non-hydrogen) atoms. The van der Waals surface area contributed by atoms with Crippen molar-refractivity contribution in [1.29, 1.82) is 0 Å². The van der Waals surface area contributed by atoms with Crippen molar-refractivity contribution in [2.45, 2.75) is 37.8 Å². The molecule has 1 aliphatic rings. The first kappa shape index (κ1) is 14.5. The van der Waals surface area contributed by atoms with Gasteiger partial charge in [0.05, 0.1) is 0 Å². The lowest BCUT2D eigenvalue weighted by molar-refractivity contribution is -0.142. The Morgan fingerprint density at radius 1 is 1.25 bits per heavy atom. The van der Waals surface area contributed by atoms with Gasteiger partial charge in [-0.1, -0.05) is 36.8 Å². The number of aliphatic carboxylic acids is 1. The third-order valence-corrected chi connectivity index (χ3v) is 3.75. The summed E-state index contributed by atoms with van der Waals surface area (Å²) in [6, 6.07) is 7.77. The zero-order valence-electron chi connectivity index (χ0n) is 11.3. The average Bonchev–Trinajstić information content (AvgIpc) is 2.45. The fraction of sp³-hybridized carbons (Fsp3) is 0.467. The van der Waals surface area contributed by atoms with Crippen LogP contribution in [0.25, 0.3) is 0 Å². The number of carbonyl (C=O) groups is 2. The minimum Gasteiger partial charge on any atom is -0.479 e. The second-order valence-corrected chi connectivity index (χ2v) is 5.31. The van der Waals surface area contributed by atoms with Gasteiger partial charge in [0.1, 0.15) is 0 Å². The highest BCUT2D eigenvalue weighted by Crippen LogP contribution is 2.24. The first-order valence-corrected chi connectivity index (χ1v) is 6.91. The number of carbonyl (C=O) groups excluding carboxylic acids is 1. The number of benzene rings is 1. The van der Waals surface area contributed by atoms with Crippen molar-refractivity contribution in [3.05, 3.63) is 35.9 Å². The summed E-state index contributed by atoms with van der Waals surface area (Å²) in [6.45, 7) is 0. The summed E-state index contributed by atoms with van der Waals surface area (Å²) in [5.74, 6) is -1.44. The predicted molar refractivity (Wildman–Crippen MR) is 74.9 cm³/mol. The molecule has 2 unspecified atom stereocenters. The van der Waals surface area contributed by atoms with Gasteiger partial charge in [0.25, 0.3) is 0 Å². The van der Waals surface area contributed by atoms with Crippen molar-refractivity contribution in [3.63, 3.8) is 0 Å². The molecule has 1 amide bonds. The second-order valence-electron chi connectivity index (χ2n) is 5.31. The Balaban J connectivity index is 2.05. The Morgan fingerprint density at radius 2 is 1.95 bits per heavy atom. The minimum absolute atomic E-state index is 0.0412. The Hall–Kier alpha value is -1.88. The molecular weight excluding hydrogens is 256 g/mol. The number of nitrogens with two attached hydrogens (primary N) is 1. The molecule has 1 saturated carbocycles. The van der Waals surface area contributed by atoms with Gasteiger partial charge in [-0.15, -0.1) is 0 Å². The van der Waals surface area contributed by atoms with Gasteiger partial charge in [-0.3, -0.25) is 4.79 Å². The van der Waals surface area contributed by atoms with Gasteiger partial charge in [-0.2, -0.15) is 0 Å². The lowest BCUT2D eigenvalue weighted by Gasteiger charge is -2.27. The maximum Gasteiger partial charge on any atom is 0.330 e. The molecule has 4 N–H and O–H groups in total. The van der Waals surface area contributed by atoms with Crippen LogP contribution in [0.1, 0.15) is 37.3 Å². The van der Waals surface area contributed by atoms with E-state index in [1.54, 1.807) is 24.3 Å². The Labute approximate surface area is 118 Å². The van der Waals surface area contributed by atoms with Crippen LogP contribution in [-0.2, 0) is 9.59 Å². The summed E-state index contributed by atoms with van der Waals surface area (Å²) in [5.41, 5.74) is 6.45. The predicted octanol–water partition coefficient (Wildman–Crippen LogP) is 1.45. The number of rotatable bonds is 4. The summed E-state index contributed by atoms with van der Waals surface area (Å²) < 4.78 is 0. The maximum absolute atomic E-state index is 12.2. The topological polar surface area (TPSA) is 92.4 Å². The Morgan fingerprint density at radius 3 is 2.55 bits per heavy atom. The van der Waals surface area contributed by atoms with Crippen LogP contribution < -0.4 is 11.1 Å². The fourth-order valence-electron chi connectivity index (χ4n) is 2.66. The van der Waals surface area contributed by atoms with Crippen LogP contribution in [0.5, 0.6) is 0 Å². The monoisotopic (exact) mass is 276 g/mol. The number of carboxylic acids is 1. The first-order chi connectivity index (χ1) is 9.58. The van der Waals surface area contributed by atoms with E-state index in [1.165, 1.54) is 0 Å². The Kier molecular flexibility index (Phi) is 4.74. The van der Waals surface area contributed by atoms with Gasteiger partial charge < -0.3 is 16.2 Å². The molecule has 5 heteroatoms. The summed E-state index contributed by atoms with van der Waals surface area (Å²) in [6.07, 6.45) is 3.26. The zero-order chi connectivity index (χ0) is 14.5. The molecule has 1 aromatic rings. The molecule has 5 nitrogen and oxygen atoms in total. The van der Waals surface area contributed by atoms with E-state index in [0.717, 1.165) is 19.3 Å². The van der Waals surface area contributed by atoms with E-state index in [2.05, 4.69) is 5.32 Å². The highest BCUT2D eigenvalue weighted by atomic mass is 16.4. The molecule has 2 rings (SSSR count). The van der Waals surface area contributed by atoms with Crippen molar-refractivity contribution >= 4 is 11.9 Å². The first-order valence-electron chi connectivity index (χ1n) is 6.91. The molecule has 0 heterocycles. The lowest BCUT2D eigenvalue weighted by atomic mass is 9.85. The van der Waals surface area contributed by atoms with Gasteiger partial charge >= 0.3 is 5.97 Å². The molecule has 0 aromatic heterocycles. The quantitative estimate of drug-likeness (QED) is 0.776. The van der Waals surface area contributed by atoms with Crippen LogP contribution in [0.3, 0.4) is 0 Å². The minimum atomic E-state index is -1.05. The average molecular weight is 276 g/mol. The lowest BCUT2D eigenvalue weighted by Crippen LogP contribution is -2.41. The highest BCUT2D eigenvalue weighted by Gasteiger charge is 2.29. The molecule has 1 fully saturated rings. The highest BCUT2D eigenvalue weighted by molar-refractivity contribution is 5.85. The zero-order valence-corrected chi connectivity index (χ0v) is 11.3. The summed E-state index contributed by atoms with van der Waals surface area (Å²) in [7, 11) is 0. The van der Waals surface area contributed by atoms with Crippen LogP contribution >= 0.6 is 0 Å². The van der Waals surface area contributed by atoms with Gasteiger partial charge in [0.2, 0.25) is 5.91 Å². The van der Waals surface area contributed by atoms with Gasteiger partial charge in [-0.05, 0) is 24.8 Å². The second kappa shape index (κ2) is 6.52. The molecule has 0 saturated heterocycles. The number of nitrogens with one attached hydrogen (secondary N) is 1. The van der Waals surface area contributed by atoms with Crippen molar-refractivity contribution in [2.75, 3.05) is 0 Å². The summed E-state index contributed by atoms with van der Waals surface area (Å²) in [4.78, 5) is 23.5. The molecule has 1 aliphatic carbocycles. The van der Waals surface area contributed by atoms with Gasteiger partial charge in [0, 0.05) is 12.0 Å². The van der Waals surface area contributed by atoms with Crippen molar-refractivity contribution < 1.29 is 14.7 Å². The molecule has 0 radical (unpaired) electrons. The molecule has 1 aromatic carbocycles. The van der Waals surface area contributed by atoms with E-state index in [1.807, 2.05) is 6.07 Å². The largest absolute Gasteiger partial charge is 0.479 e. The Bertz CT molecular complexity index is 475. The molecule has 3 atom stereocenters. The van der Waals surface area contributed by atoms with Crippen LogP contribution in [0, 0.1) is 5.92 Å². The van der Waals surface area contributed by atoms with E-state index in [-0.39, 0.29) is 17.9 Å². The third-order valence-electron chi connectivity index (χ3n) is 3.75. The third kappa shape index (κ3) is 3.57. The SMILES string of the molecule is NC1CCCC(C(=O)N[C@H](C(=O)O)c2ccccc2)C1. The molecular formula is C15H20N2O3. The van der Waals surface area contributed by atoms with E-state index in [0.29, 0.717) is 12.0 Å². The number of hydrogen-bond acceptors (Lipinski definition) is 3. The van der Waals surface area contributed by atoms with Crippen LogP contribution in [0.4, 0.5) is 0 Å². The van der Waals surface area contributed by atoms with E-state index in [9.17, 15) is 14.7 Å². The molecule has 108 valence electrons.